The van der Waals surface area contributed by atoms with Gasteiger partial charge in [0.25, 0.3) is 0 Å². The Morgan fingerprint density at radius 1 is 0.960 bits per heavy atom. The van der Waals surface area contributed by atoms with Crippen molar-refractivity contribution in [3.63, 3.8) is 0 Å². The summed E-state index contributed by atoms with van der Waals surface area (Å²) in [5, 5.41) is 9.41. The van der Waals surface area contributed by atoms with Gasteiger partial charge in [-0.2, -0.15) is 5.26 Å². The molecule has 0 bridgehead atoms. The maximum Gasteiger partial charge on any atom is 0.141 e. The third-order valence-corrected chi connectivity index (χ3v) is 4.40. The molecule has 0 atom stereocenters. The summed E-state index contributed by atoms with van der Waals surface area (Å²) in [6.07, 6.45) is 0. The smallest absolute Gasteiger partial charge is 0.141 e. The van der Waals surface area contributed by atoms with Gasteiger partial charge in [0.05, 0.1) is 29.2 Å². The Morgan fingerprint density at radius 3 is 2.60 bits per heavy atom. The Morgan fingerprint density at radius 2 is 1.76 bits per heavy atom. The molecule has 4 rings (SSSR count). The van der Waals surface area contributed by atoms with E-state index in [-0.39, 0.29) is 0 Å². The molecule has 0 N–H and O–H groups in total. The van der Waals surface area contributed by atoms with Crippen molar-refractivity contribution in [3.05, 3.63) is 89.5 Å². The summed E-state index contributed by atoms with van der Waals surface area (Å²) >= 11 is 0. The highest BCUT2D eigenvalue weighted by atomic mass is 15.1. The molecule has 0 spiro atoms. The zero-order valence-corrected chi connectivity index (χ0v) is 14.0. The number of rotatable bonds is 3. The summed E-state index contributed by atoms with van der Waals surface area (Å²) in [4.78, 5) is 4.86. The largest absolute Gasteiger partial charge is 0.319 e. The average molecular weight is 323 g/mol. The Kier molecular flexibility index (Phi) is 3.80. The van der Waals surface area contributed by atoms with Crippen molar-refractivity contribution >= 4 is 11.0 Å². The lowest BCUT2D eigenvalue weighted by Crippen LogP contribution is -2.04. The third kappa shape index (κ3) is 2.79. The summed E-state index contributed by atoms with van der Waals surface area (Å²) in [6.45, 7) is 2.70. The van der Waals surface area contributed by atoms with Crippen LogP contribution in [-0.4, -0.2) is 9.55 Å². The Labute approximate surface area is 146 Å². The number of aromatic nitrogens is 2. The number of nitriles is 1. The van der Waals surface area contributed by atoms with Crippen molar-refractivity contribution < 1.29 is 0 Å². The molecule has 25 heavy (non-hydrogen) atoms. The first-order chi connectivity index (χ1) is 12.3. The first kappa shape index (κ1) is 15.2. The van der Waals surface area contributed by atoms with Crippen molar-refractivity contribution in [1.29, 1.82) is 5.26 Å². The van der Waals surface area contributed by atoms with Crippen LogP contribution in [-0.2, 0) is 6.54 Å². The number of hydrogen-bond donors (Lipinski definition) is 0. The van der Waals surface area contributed by atoms with Crippen molar-refractivity contribution in [3.8, 4) is 17.5 Å². The molecular formula is C22H17N3. The zero-order chi connectivity index (χ0) is 17.2. The average Bonchev–Trinajstić information content (AvgIpc) is 3.01. The molecule has 120 valence electrons. The summed E-state index contributed by atoms with van der Waals surface area (Å²) in [5.41, 5.74) is 6.04. The topological polar surface area (TPSA) is 41.6 Å². The lowest BCUT2D eigenvalue weighted by molar-refractivity contribution is 0.832. The van der Waals surface area contributed by atoms with Crippen molar-refractivity contribution in [2.45, 2.75) is 13.5 Å². The molecular weight excluding hydrogens is 306 g/mol. The maximum absolute atomic E-state index is 9.41. The van der Waals surface area contributed by atoms with Crippen LogP contribution in [0.5, 0.6) is 0 Å². The molecule has 0 fully saturated rings. The van der Waals surface area contributed by atoms with Crippen LogP contribution >= 0.6 is 0 Å². The first-order valence-electron chi connectivity index (χ1n) is 8.26. The monoisotopic (exact) mass is 323 g/mol. The standard InChI is InChI=1S/C22H17N3/c1-16-7-6-10-17(13-16)22-24-20-11-4-5-12-21(20)25(22)15-19-9-3-2-8-18(19)14-23/h2-13H,15H2,1H3. The minimum atomic E-state index is 0.619. The van der Waals surface area contributed by atoms with Crippen molar-refractivity contribution in [2.24, 2.45) is 0 Å². The number of nitrogens with zero attached hydrogens (tertiary/aromatic N) is 3. The highest BCUT2D eigenvalue weighted by Gasteiger charge is 2.14. The van der Waals surface area contributed by atoms with E-state index in [9.17, 15) is 5.26 Å². The highest BCUT2D eigenvalue weighted by Crippen LogP contribution is 2.27. The van der Waals surface area contributed by atoms with Crippen LogP contribution in [0.1, 0.15) is 16.7 Å². The van der Waals surface area contributed by atoms with Gasteiger partial charge in [-0.1, -0.05) is 54.1 Å². The molecule has 1 aromatic heterocycles. The number of aryl methyl sites for hydroxylation is 1. The number of para-hydroxylation sites is 2. The van der Waals surface area contributed by atoms with E-state index in [2.05, 4.69) is 47.9 Å². The molecule has 0 saturated carbocycles. The van der Waals surface area contributed by atoms with Gasteiger partial charge in [-0.25, -0.2) is 4.98 Å². The van der Waals surface area contributed by atoms with E-state index in [1.807, 2.05) is 42.5 Å². The lowest BCUT2D eigenvalue weighted by atomic mass is 10.1. The second-order valence-electron chi connectivity index (χ2n) is 6.15. The second kappa shape index (κ2) is 6.26. The van der Waals surface area contributed by atoms with E-state index in [1.54, 1.807) is 0 Å². The number of imidazole rings is 1. The van der Waals surface area contributed by atoms with Crippen LogP contribution in [0, 0.1) is 18.3 Å². The van der Waals surface area contributed by atoms with Gasteiger partial charge in [-0.15, -0.1) is 0 Å². The summed E-state index contributed by atoms with van der Waals surface area (Å²) in [5.74, 6) is 0.928. The van der Waals surface area contributed by atoms with Crippen LogP contribution in [0.15, 0.2) is 72.8 Å². The Balaban J connectivity index is 1.93. The van der Waals surface area contributed by atoms with Gasteiger partial charge in [0, 0.05) is 5.56 Å². The van der Waals surface area contributed by atoms with E-state index < -0.39 is 0 Å². The third-order valence-electron chi connectivity index (χ3n) is 4.40. The van der Waals surface area contributed by atoms with Gasteiger partial charge in [0.2, 0.25) is 0 Å². The van der Waals surface area contributed by atoms with E-state index in [0.717, 1.165) is 28.0 Å². The number of benzene rings is 3. The molecule has 0 amide bonds. The van der Waals surface area contributed by atoms with Gasteiger partial charge >= 0.3 is 0 Å². The van der Waals surface area contributed by atoms with Gasteiger partial charge in [-0.3, -0.25) is 0 Å². The minimum Gasteiger partial charge on any atom is -0.319 e. The van der Waals surface area contributed by atoms with E-state index >= 15 is 0 Å². The first-order valence-corrected chi connectivity index (χ1v) is 8.26. The SMILES string of the molecule is Cc1cccc(-c2nc3ccccc3n2Cc2ccccc2C#N)c1. The normalized spacial score (nSPS) is 10.7. The van der Waals surface area contributed by atoms with Crippen LogP contribution < -0.4 is 0 Å². The number of fused-ring (bicyclic) bond motifs is 1. The summed E-state index contributed by atoms with van der Waals surface area (Å²) < 4.78 is 2.19. The van der Waals surface area contributed by atoms with Gasteiger partial charge in [0.15, 0.2) is 0 Å². The van der Waals surface area contributed by atoms with E-state index in [4.69, 9.17) is 4.98 Å². The van der Waals surface area contributed by atoms with E-state index in [1.165, 1.54) is 5.56 Å². The second-order valence-corrected chi connectivity index (χ2v) is 6.15. The van der Waals surface area contributed by atoms with Gasteiger partial charge in [-0.05, 0) is 36.8 Å². The van der Waals surface area contributed by atoms with Crippen LogP contribution in [0.2, 0.25) is 0 Å². The molecule has 0 radical (unpaired) electrons. The molecule has 0 unspecified atom stereocenters. The fourth-order valence-corrected chi connectivity index (χ4v) is 3.18. The molecule has 0 aliphatic carbocycles. The number of hydrogen-bond acceptors (Lipinski definition) is 2. The molecule has 0 aliphatic rings. The molecule has 0 saturated heterocycles. The molecule has 3 aromatic carbocycles. The predicted molar refractivity (Wildman–Crippen MR) is 100 cm³/mol. The van der Waals surface area contributed by atoms with Crippen LogP contribution in [0.4, 0.5) is 0 Å². The van der Waals surface area contributed by atoms with Crippen molar-refractivity contribution in [1.82, 2.24) is 9.55 Å². The fourth-order valence-electron chi connectivity index (χ4n) is 3.18. The molecule has 0 aliphatic heterocycles. The Bertz CT molecular complexity index is 1100. The molecule has 4 aromatic rings. The fraction of sp³-hybridized carbons (Fsp3) is 0.0909. The van der Waals surface area contributed by atoms with Gasteiger partial charge < -0.3 is 4.57 Å². The van der Waals surface area contributed by atoms with E-state index in [0.29, 0.717) is 12.1 Å². The quantitative estimate of drug-likeness (QED) is 0.536. The molecule has 1 heterocycles. The lowest BCUT2D eigenvalue weighted by Gasteiger charge is -2.11. The minimum absolute atomic E-state index is 0.619. The Hall–Kier alpha value is -3.38. The highest BCUT2D eigenvalue weighted by molar-refractivity contribution is 5.81. The maximum atomic E-state index is 9.41. The molecule has 3 heteroatoms. The summed E-state index contributed by atoms with van der Waals surface area (Å²) in [6, 6.07) is 26.5. The van der Waals surface area contributed by atoms with Crippen LogP contribution in [0.25, 0.3) is 22.4 Å². The predicted octanol–water partition coefficient (Wildman–Crippen LogP) is 4.93. The van der Waals surface area contributed by atoms with Crippen LogP contribution in [0.3, 0.4) is 0 Å². The zero-order valence-electron chi connectivity index (χ0n) is 14.0. The van der Waals surface area contributed by atoms with Crippen molar-refractivity contribution in [2.75, 3.05) is 0 Å². The van der Waals surface area contributed by atoms with Gasteiger partial charge in [0.1, 0.15) is 5.82 Å². The summed E-state index contributed by atoms with van der Waals surface area (Å²) in [7, 11) is 0. The molecule has 3 nitrogen and oxygen atoms in total.